The molecule has 0 radical (unpaired) electrons. The molecule has 3 rings (SSSR count). The maximum atomic E-state index is 13.1. The van der Waals surface area contributed by atoms with Crippen LogP contribution in [0, 0.1) is 12.7 Å². The highest BCUT2D eigenvalue weighted by molar-refractivity contribution is 7.92. The number of rotatable bonds is 6. The summed E-state index contributed by atoms with van der Waals surface area (Å²) in [6.07, 6.45) is 0. The van der Waals surface area contributed by atoms with Gasteiger partial charge in [-0.05, 0) is 67.1 Å². The number of amides is 2. The van der Waals surface area contributed by atoms with Gasteiger partial charge in [-0.3, -0.25) is 14.3 Å². The Morgan fingerprint density at radius 1 is 0.875 bits per heavy atom. The number of halogens is 2. The van der Waals surface area contributed by atoms with Gasteiger partial charge in [-0.25, -0.2) is 12.8 Å². The number of carbonyl (C=O) groups is 2. The molecule has 0 spiro atoms. The highest BCUT2D eigenvalue weighted by atomic mass is 35.5. The largest absolute Gasteiger partial charge is 0.355 e. The minimum atomic E-state index is -4.02. The fraction of sp³-hybridized carbons (Fsp3) is 0.0909. The van der Waals surface area contributed by atoms with Crippen LogP contribution in [0.5, 0.6) is 0 Å². The van der Waals surface area contributed by atoms with Crippen LogP contribution in [0.15, 0.2) is 65.6 Å². The lowest BCUT2D eigenvalue weighted by atomic mass is 10.1. The molecule has 0 saturated heterocycles. The minimum Gasteiger partial charge on any atom is -0.355 e. The summed E-state index contributed by atoms with van der Waals surface area (Å²) in [6.45, 7) is 1.66. The Morgan fingerprint density at radius 3 is 2.19 bits per heavy atom. The number of hydrogen-bond acceptors (Lipinski definition) is 4. The van der Waals surface area contributed by atoms with E-state index in [1.807, 2.05) is 0 Å². The van der Waals surface area contributed by atoms with Gasteiger partial charge in [0, 0.05) is 24.0 Å². The molecule has 3 N–H and O–H groups in total. The standard InChI is InChI=1S/C22H19ClFN3O4S/c1-13-3-9-17(32(30,31)27-15-6-4-14(24)5-7-15)12-18(13)22(29)26-16-8-10-20(23)19(11-16)21(28)25-2/h3-12,27H,1-2H3,(H,25,28)(H,26,29). The molecule has 3 aromatic rings. The van der Waals surface area contributed by atoms with E-state index in [4.69, 9.17) is 11.6 Å². The van der Waals surface area contributed by atoms with Crippen molar-refractivity contribution in [1.29, 1.82) is 0 Å². The Kier molecular flexibility index (Phi) is 6.81. The minimum absolute atomic E-state index is 0.128. The number of benzene rings is 3. The molecule has 0 unspecified atom stereocenters. The molecule has 0 aromatic heterocycles. The number of carbonyl (C=O) groups excluding carboxylic acids is 2. The Hall–Kier alpha value is -3.43. The van der Waals surface area contributed by atoms with E-state index in [9.17, 15) is 22.4 Å². The molecule has 2 amide bonds. The van der Waals surface area contributed by atoms with Gasteiger partial charge in [0.05, 0.1) is 15.5 Å². The summed E-state index contributed by atoms with van der Waals surface area (Å²) in [4.78, 5) is 24.6. The molecule has 0 fully saturated rings. The van der Waals surface area contributed by atoms with Gasteiger partial charge in [-0.1, -0.05) is 17.7 Å². The summed E-state index contributed by atoms with van der Waals surface area (Å²) >= 11 is 6.03. The summed E-state index contributed by atoms with van der Waals surface area (Å²) in [6, 6.07) is 13.4. The fourth-order valence-electron chi connectivity index (χ4n) is 2.86. The number of anilines is 2. The van der Waals surface area contributed by atoms with Crippen molar-refractivity contribution < 1.29 is 22.4 Å². The molecule has 0 bridgehead atoms. The quantitative estimate of drug-likeness (QED) is 0.497. The molecule has 0 aliphatic heterocycles. The summed E-state index contributed by atoms with van der Waals surface area (Å²) in [5, 5.41) is 5.33. The van der Waals surface area contributed by atoms with Crippen molar-refractivity contribution in [3.8, 4) is 0 Å². The van der Waals surface area contributed by atoms with E-state index in [-0.39, 0.29) is 26.7 Å². The first-order valence-corrected chi connectivity index (χ1v) is 11.2. The number of nitrogens with one attached hydrogen (secondary N) is 3. The molecular weight excluding hydrogens is 457 g/mol. The predicted molar refractivity (Wildman–Crippen MR) is 121 cm³/mol. The first-order valence-electron chi connectivity index (χ1n) is 9.33. The maximum absolute atomic E-state index is 13.1. The van der Waals surface area contributed by atoms with Crippen LogP contribution < -0.4 is 15.4 Å². The smallest absolute Gasteiger partial charge is 0.261 e. The van der Waals surface area contributed by atoms with Crippen LogP contribution in [0.25, 0.3) is 0 Å². The number of hydrogen-bond donors (Lipinski definition) is 3. The third kappa shape index (κ3) is 5.24. The molecule has 0 aliphatic rings. The normalized spacial score (nSPS) is 11.0. The van der Waals surface area contributed by atoms with E-state index < -0.39 is 27.7 Å². The van der Waals surface area contributed by atoms with E-state index in [1.165, 1.54) is 55.6 Å². The van der Waals surface area contributed by atoms with E-state index in [1.54, 1.807) is 6.92 Å². The SMILES string of the molecule is CNC(=O)c1cc(NC(=O)c2cc(S(=O)(=O)Nc3ccc(F)cc3)ccc2C)ccc1Cl. The van der Waals surface area contributed by atoms with Gasteiger partial charge < -0.3 is 10.6 Å². The summed E-state index contributed by atoms with van der Waals surface area (Å²) in [7, 11) is -2.56. The molecule has 0 aliphatic carbocycles. The highest BCUT2D eigenvalue weighted by Gasteiger charge is 2.19. The molecule has 166 valence electrons. The Bertz CT molecular complexity index is 1300. The van der Waals surface area contributed by atoms with Gasteiger partial charge in [0.25, 0.3) is 21.8 Å². The lowest BCUT2D eigenvalue weighted by Gasteiger charge is -2.13. The first kappa shape index (κ1) is 23.2. The second-order valence-corrected chi connectivity index (χ2v) is 8.91. The third-order valence-electron chi connectivity index (χ3n) is 4.56. The van der Waals surface area contributed by atoms with Gasteiger partial charge in [-0.2, -0.15) is 0 Å². The van der Waals surface area contributed by atoms with Crippen molar-refractivity contribution in [2.75, 3.05) is 17.1 Å². The zero-order valence-corrected chi connectivity index (χ0v) is 18.6. The van der Waals surface area contributed by atoms with E-state index in [0.29, 0.717) is 11.3 Å². The van der Waals surface area contributed by atoms with Crippen LogP contribution in [-0.4, -0.2) is 27.3 Å². The molecule has 0 saturated carbocycles. The molecule has 3 aromatic carbocycles. The lowest BCUT2D eigenvalue weighted by Crippen LogP contribution is -2.19. The third-order valence-corrected chi connectivity index (χ3v) is 6.26. The van der Waals surface area contributed by atoms with Gasteiger partial charge in [-0.15, -0.1) is 0 Å². The Labute approximate surface area is 189 Å². The van der Waals surface area contributed by atoms with Crippen molar-refractivity contribution in [3.63, 3.8) is 0 Å². The van der Waals surface area contributed by atoms with Crippen LogP contribution in [0.3, 0.4) is 0 Å². The van der Waals surface area contributed by atoms with E-state index in [2.05, 4.69) is 15.4 Å². The van der Waals surface area contributed by atoms with Crippen molar-refractivity contribution in [2.24, 2.45) is 0 Å². The molecular formula is C22H19ClFN3O4S. The van der Waals surface area contributed by atoms with E-state index >= 15 is 0 Å². The fourth-order valence-corrected chi connectivity index (χ4v) is 4.14. The number of aryl methyl sites for hydroxylation is 1. The van der Waals surface area contributed by atoms with Crippen LogP contribution in [0.1, 0.15) is 26.3 Å². The molecule has 32 heavy (non-hydrogen) atoms. The molecule has 10 heteroatoms. The van der Waals surface area contributed by atoms with Gasteiger partial charge in [0.2, 0.25) is 0 Å². The van der Waals surface area contributed by atoms with Crippen molar-refractivity contribution in [3.05, 3.63) is 88.2 Å². The zero-order valence-electron chi connectivity index (χ0n) is 17.1. The van der Waals surface area contributed by atoms with Gasteiger partial charge in [0.15, 0.2) is 0 Å². The topological polar surface area (TPSA) is 104 Å². The zero-order chi connectivity index (χ0) is 23.5. The van der Waals surface area contributed by atoms with Crippen LogP contribution in [0.2, 0.25) is 5.02 Å². The van der Waals surface area contributed by atoms with Crippen LogP contribution in [-0.2, 0) is 10.0 Å². The molecule has 0 atom stereocenters. The maximum Gasteiger partial charge on any atom is 0.261 e. The van der Waals surface area contributed by atoms with E-state index in [0.717, 1.165) is 12.1 Å². The van der Waals surface area contributed by atoms with Crippen LogP contribution >= 0.6 is 11.6 Å². The summed E-state index contributed by atoms with van der Waals surface area (Å²) in [5.74, 6) is -1.47. The lowest BCUT2D eigenvalue weighted by molar-refractivity contribution is 0.0961. The average molecular weight is 476 g/mol. The molecule has 7 nitrogen and oxygen atoms in total. The second kappa shape index (κ2) is 9.37. The van der Waals surface area contributed by atoms with Crippen molar-refractivity contribution in [2.45, 2.75) is 11.8 Å². The van der Waals surface area contributed by atoms with Gasteiger partial charge in [0.1, 0.15) is 5.82 Å². The summed E-state index contributed by atoms with van der Waals surface area (Å²) in [5.41, 5.74) is 1.35. The second-order valence-electron chi connectivity index (χ2n) is 6.82. The van der Waals surface area contributed by atoms with Crippen LogP contribution in [0.4, 0.5) is 15.8 Å². The van der Waals surface area contributed by atoms with Crippen molar-refractivity contribution in [1.82, 2.24) is 5.32 Å². The number of sulfonamides is 1. The van der Waals surface area contributed by atoms with Gasteiger partial charge >= 0.3 is 0 Å². The highest BCUT2D eigenvalue weighted by Crippen LogP contribution is 2.23. The monoisotopic (exact) mass is 475 g/mol. The predicted octanol–water partition coefficient (Wildman–Crippen LogP) is 4.20. The summed E-state index contributed by atoms with van der Waals surface area (Å²) < 4.78 is 40.9. The Balaban J connectivity index is 1.87. The molecule has 0 heterocycles. The Morgan fingerprint density at radius 2 is 1.53 bits per heavy atom. The first-order chi connectivity index (χ1) is 15.1. The van der Waals surface area contributed by atoms with Crippen molar-refractivity contribution >= 4 is 44.8 Å². The average Bonchev–Trinajstić information content (AvgIpc) is 2.76.